The van der Waals surface area contributed by atoms with Crippen molar-refractivity contribution < 1.29 is 19.2 Å². The molecular formula is C11H11NO4. The molecule has 0 unspecified atom stereocenters. The van der Waals surface area contributed by atoms with Gasteiger partial charge in [-0.3, -0.25) is 14.4 Å². The zero-order chi connectivity index (χ0) is 11.7. The number of methoxy groups -OCH3 is 1. The molecule has 0 atom stereocenters. The highest BCUT2D eigenvalue weighted by molar-refractivity contribution is 6.51. The van der Waals surface area contributed by atoms with Gasteiger partial charge in [-0.25, -0.2) is 0 Å². The zero-order valence-electron chi connectivity index (χ0n) is 9.02. The Morgan fingerprint density at radius 1 is 1.31 bits per heavy atom. The minimum absolute atomic E-state index is 0.317. The van der Waals surface area contributed by atoms with Gasteiger partial charge in [-0.15, -0.1) is 0 Å². The Labute approximate surface area is 92.5 Å². The maximum absolute atomic E-state index is 11.6. The van der Waals surface area contributed by atoms with Crippen molar-refractivity contribution in [3.63, 3.8) is 0 Å². The van der Waals surface area contributed by atoms with Gasteiger partial charge in [0.05, 0.1) is 25.0 Å². The molecule has 1 aromatic rings. The molecule has 0 aliphatic carbocycles. The third-order valence-corrected chi connectivity index (χ3v) is 2.30. The van der Waals surface area contributed by atoms with Crippen LogP contribution in [-0.2, 0) is 9.63 Å². The Bertz CT molecular complexity index is 455. The lowest BCUT2D eigenvalue weighted by Gasteiger charge is -2.14. The summed E-state index contributed by atoms with van der Waals surface area (Å²) in [7, 11) is 1.50. The minimum Gasteiger partial charge on any atom is -0.497 e. The molecule has 1 aromatic carbocycles. The number of hydroxylamine groups is 1. The Morgan fingerprint density at radius 3 is 2.69 bits per heavy atom. The second-order valence-electron chi connectivity index (χ2n) is 3.23. The van der Waals surface area contributed by atoms with Gasteiger partial charge in [0.1, 0.15) is 5.75 Å². The van der Waals surface area contributed by atoms with Crippen LogP contribution < -0.4 is 9.80 Å². The maximum Gasteiger partial charge on any atom is 0.323 e. The van der Waals surface area contributed by atoms with E-state index in [9.17, 15) is 9.59 Å². The molecule has 0 saturated heterocycles. The fourth-order valence-corrected chi connectivity index (χ4v) is 1.58. The van der Waals surface area contributed by atoms with Crippen molar-refractivity contribution in [1.82, 2.24) is 0 Å². The molecule has 16 heavy (non-hydrogen) atoms. The van der Waals surface area contributed by atoms with E-state index in [2.05, 4.69) is 0 Å². The van der Waals surface area contributed by atoms with Crippen LogP contribution in [-0.4, -0.2) is 25.4 Å². The van der Waals surface area contributed by atoms with Gasteiger partial charge < -0.3 is 4.74 Å². The summed E-state index contributed by atoms with van der Waals surface area (Å²) < 4.78 is 5.00. The summed E-state index contributed by atoms with van der Waals surface area (Å²) in [6, 6.07) is 4.85. The van der Waals surface area contributed by atoms with Crippen LogP contribution in [0.5, 0.6) is 5.75 Å². The van der Waals surface area contributed by atoms with Gasteiger partial charge in [0, 0.05) is 0 Å². The first-order valence-corrected chi connectivity index (χ1v) is 4.88. The molecular weight excluding hydrogens is 210 g/mol. The van der Waals surface area contributed by atoms with Crippen molar-refractivity contribution in [2.45, 2.75) is 6.92 Å². The first-order valence-electron chi connectivity index (χ1n) is 4.88. The highest BCUT2D eigenvalue weighted by Gasteiger charge is 2.37. The van der Waals surface area contributed by atoms with Crippen molar-refractivity contribution in [2.24, 2.45) is 0 Å². The number of ketones is 1. The number of carbonyl (C=O) groups is 2. The average molecular weight is 221 g/mol. The Hall–Kier alpha value is -1.88. The van der Waals surface area contributed by atoms with Gasteiger partial charge >= 0.3 is 5.91 Å². The smallest absolute Gasteiger partial charge is 0.323 e. The van der Waals surface area contributed by atoms with E-state index in [1.165, 1.54) is 13.2 Å². The number of hydrogen-bond donors (Lipinski definition) is 0. The highest BCUT2D eigenvalue weighted by atomic mass is 16.7. The topological polar surface area (TPSA) is 55.8 Å². The molecule has 2 rings (SSSR count). The van der Waals surface area contributed by atoms with Crippen LogP contribution in [0.1, 0.15) is 17.3 Å². The number of Topliss-reactive ketones (excluding diaryl/α,β-unsaturated/α-hetero) is 1. The molecule has 1 aliphatic heterocycles. The van der Waals surface area contributed by atoms with Gasteiger partial charge in [-0.05, 0) is 25.1 Å². The van der Waals surface area contributed by atoms with E-state index in [4.69, 9.17) is 9.57 Å². The zero-order valence-corrected chi connectivity index (χ0v) is 9.02. The molecule has 5 nitrogen and oxygen atoms in total. The molecule has 1 amide bonds. The molecule has 0 spiro atoms. The monoisotopic (exact) mass is 221 g/mol. The normalized spacial score (nSPS) is 14.2. The Morgan fingerprint density at radius 2 is 2.06 bits per heavy atom. The van der Waals surface area contributed by atoms with Crippen molar-refractivity contribution >= 4 is 17.4 Å². The molecule has 84 valence electrons. The summed E-state index contributed by atoms with van der Waals surface area (Å²) in [5, 5.41) is 1.02. The van der Waals surface area contributed by atoms with Crippen molar-refractivity contribution in [3.05, 3.63) is 23.8 Å². The molecule has 1 heterocycles. The summed E-state index contributed by atoms with van der Waals surface area (Å²) in [6.45, 7) is 2.07. The first kappa shape index (κ1) is 10.6. The highest BCUT2D eigenvalue weighted by Crippen LogP contribution is 2.31. The second kappa shape index (κ2) is 3.94. The van der Waals surface area contributed by atoms with Crippen LogP contribution in [0.2, 0.25) is 0 Å². The average Bonchev–Trinajstić information content (AvgIpc) is 2.54. The van der Waals surface area contributed by atoms with Crippen LogP contribution >= 0.6 is 0 Å². The van der Waals surface area contributed by atoms with Crippen LogP contribution in [0, 0.1) is 0 Å². The fraction of sp³-hybridized carbons (Fsp3) is 0.273. The van der Waals surface area contributed by atoms with Gasteiger partial charge in [-0.1, -0.05) is 0 Å². The predicted octanol–water partition coefficient (Wildman–Crippen LogP) is 1.18. The summed E-state index contributed by atoms with van der Waals surface area (Å²) in [5.41, 5.74) is 0.787. The molecule has 0 radical (unpaired) electrons. The summed E-state index contributed by atoms with van der Waals surface area (Å²) in [4.78, 5) is 28.3. The van der Waals surface area contributed by atoms with Crippen molar-refractivity contribution in [1.29, 1.82) is 0 Å². The quantitative estimate of drug-likeness (QED) is 0.719. The number of carbonyl (C=O) groups excluding carboxylic acids is 2. The standard InChI is InChI=1S/C11H11NO4/c1-3-16-12-9-5-4-7(15-2)6-8(9)10(13)11(12)14/h4-6H,3H2,1-2H3. The van der Waals surface area contributed by atoms with Gasteiger partial charge in [0.15, 0.2) is 0 Å². The first-order chi connectivity index (χ1) is 7.69. The lowest BCUT2D eigenvalue weighted by atomic mass is 10.1. The van der Waals surface area contributed by atoms with E-state index < -0.39 is 11.7 Å². The van der Waals surface area contributed by atoms with Crippen molar-refractivity contribution in [3.8, 4) is 5.75 Å². The van der Waals surface area contributed by atoms with E-state index in [-0.39, 0.29) is 0 Å². The lowest BCUT2D eigenvalue weighted by molar-refractivity contribution is -0.120. The molecule has 0 N–H and O–H groups in total. The minimum atomic E-state index is -0.662. The summed E-state index contributed by atoms with van der Waals surface area (Å²) in [5.74, 6) is -0.689. The Balaban J connectivity index is 2.47. The third-order valence-electron chi connectivity index (χ3n) is 2.30. The number of hydrogen-bond acceptors (Lipinski definition) is 4. The predicted molar refractivity (Wildman–Crippen MR) is 56.4 cm³/mol. The number of fused-ring (bicyclic) bond motifs is 1. The summed E-state index contributed by atoms with van der Waals surface area (Å²) >= 11 is 0. The maximum atomic E-state index is 11.6. The molecule has 0 bridgehead atoms. The van der Waals surface area contributed by atoms with Crippen LogP contribution in [0.25, 0.3) is 0 Å². The van der Waals surface area contributed by atoms with E-state index >= 15 is 0 Å². The number of ether oxygens (including phenoxy) is 1. The molecule has 0 fully saturated rings. The number of amides is 1. The van der Waals surface area contributed by atoms with Crippen LogP contribution in [0.4, 0.5) is 5.69 Å². The van der Waals surface area contributed by atoms with Gasteiger partial charge in [-0.2, -0.15) is 5.06 Å². The third kappa shape index (κ3) is 1.45. The summed E-state index contributed by atoms with van der Waals surface area (Å²) in [6.07, 6.45) is 0. The molecule has 5 heteroatoms. The lowest BCUT2D eigenvalue weighted by Crippen LogP contribution is -2.29. The van der Waals surface area contributed by atoms with E-state index in [0.29, 0.717) is 23.6 Å². The molecule has 0 saturated carbocycles. The number of rotatable bonds is 3. The number of nitrogens with zero attached hydrogens (tertiary/aromatic N) is 1. The van der Waals surface area contributed by atoms with E-state index in [1.807, 2.05) is 0 Å². The largest absolute Gasteiger partial charge is 0.497 e. The number of benzene rings is 1. The van der Waals surface area contributed by atoms with Crippen molar-refractivity contribution in [2.75, 3.05) is 18.8 Å². The van der Waals surface area contributed by atoms with Gasteiger partial charge in [0.25, 0.3) is 5.78 Å². The second-order valence-corrected chi connectivity index (χ2v) is 3.23. The Kier molecular flexibility index (Phi) is 2.62. The fourth-order valence-electron chi connectivity index (χ4n) is 1.58. The van der Waals surface area contributed by atoms with Crippen LogP contribution in [0.3, 0.4) is 0 Å². The van der Waals surface area contributed by atoms with Gasteiger partial charge in [0.2, 0.25) is 0 Å². The molecule has 1 aliphatic rings. The molecule has 0 aromatic heterocycles. The SMILES string of the molecule is CCON1C(=O)C(=O)c2cc(OC)ccc21. The van der Waals surface area contributed by atoms with Crippen LogP contribution in [0.15, 0.2) is 18.2 Å². The van der Waals surface area contributed by atoms with E-state index in [0.717, 1.165) is 5.06 Å². The van der Waals surface area contributed by atoms with E-state index in [1.54, 1.807) is 19.1 Å². The number of anilines is 1.